The van der Waals surface area contributed by atoms with Gasteiger partial charge in [-0.2, -0.15) is 11.8 Å². The Kier molecular flexibility index (Phi) is 2.31. The van der Waals surface area contributed by atoms with E-state index in [1.54, 1.807) is 11.8 Å². The van der Waals surface area contributed by atoms with E-state index in [-0.39, 0.29) is 5.92 Å². The molecule has 1 aliphatic carbocycles. The van der Waals surface area contributed by atoms with Crippen molar-refractivity contribution in [3.63, 3.8) is 0 Å². The molecule has 12 heavy (non-hydrogen) atoms. The van der Waals surface area contributed by atoms with Crippen molar-refractivity contribution < 1.29 is 9.90 Å². The molecule has 1 saturated carbocycles. The minimum Gasteiger partial charge on any atom is -0.481 e. The SMILES string of the molecule is O=C(O)C1CSCCC1C1CC1. The van der Waals surface area contributed by atoms with Gasteiger partial charge in [-0.1, -0.05) is 0 Å². The van der Waals surface area contributed by atoms with Crippen molar-refractivity contribution in [2.75, 3.05) is 11.5 Å². The zero-order valence-electron chi connectivity index (χ0n) is 7.03. The third-order valence-corrected chi connectivity index (χ3v) is 4.07. The lowest BCUT2D eigenvalue weighted by Gasteiger charge is -2.27. The Hall–Kier alpha value is -0.180. The first-order chi connectivity index (χ1) is 5.79. The van der Waals surface area contributed by atoms with Crippen LogP contribution in [0.25, 0.3) is 0 Å². The summed E-state index contributed by atoms with van der Waals surface area (Å²) in [5, 5.41) is 8.97. The summed E-state index contributed by atoms with van der Waals surface area (Å²) in [6.07, 6.45) is 3.69. The second-order valence-corrected chi connectivity index (χ2v) is 4.96. The summed E-state index contributed by atoms with van der Waals surface area (Å²) in [7, 11) is 0. The van der Waals surface area contributed by atoms with E-state index in [0.717, 1.165) is 18.1 Å². The second-order valence-electron chi connectivity index (χ2n) is 3.81. The van der Waals surface area contributed by atoms with Gasteiger partial charge in [-0.05, 0) is 36.9 Å². The maximum absolute atomic E-state index is 10.9. The predicted octanol–water partition coefficient (Wildman–Crippen LogP) is 1.85. The Labute approximate surface area is 76.7 Å². The van der Waals surface area contributed by atoms with Crippen LogP contribution in [-0.2, 0) is 4.79 Å². The fraction of sp³-hybridized carbons (Fsp3) is 0.889. The van der Waals surface area contributed by atoms with Crippen LogP contribution in [0.2, 0.25) is 0 Å². The standard InChI is InChI=1S/C9H14O2S/c10-9(11)8-5-12-4-3-7(8)6-1-2-6/h6-8H,1-5H2,(H,10,11). The molecule has 0 aromatic heterocycles. The maximum atomic E-state index is 10.9. The van der Waals surface area contributed by atoms with Crippen molar-refractivity contribution in [3.05, 3.63) is 0 Å². The molecule has 2 fully saturated rings. The smallest absolute Gasteiger partial charge is 0.307 e. The first-order valence-electron chi connectivity index (χ1n) is 4.59. The molecule has 1 N–H and O–H groups in total. The van der Waals surface area contributed by atoms with E-state index < -0.39 is 5.97 Å². The topological polar surface area (TPSA) is 37.3 Å². The number of hydrogen-bond acceptors (Lipinski definition) is 2. The third-order valence-electron chi connectivity index (χ3n) is 2.95. The Morgan fingerprint density at radius 2 is 2.08 bits per heavy atom. The molecule has 2 atom stereocenters. The first kappa shape index (κ1) is 8.42. The van der Waals surface area contributed by atoms with E-state index in [4.69, 9.17) is 5.11 Å². The molecule has 2 aliphatic rings. The fourth-order valence-corrected chi connectivity index (χ4v) is 3.35. The lowest BCUT2D eigenvalue weighted by Crippen LogP contribution is -2.31. The van der Waals surface area contributed by atoms with Gasteiger partial charge in [0.1, 0.15) is 0 Å². The summed E-state index contributed by atoms with van der Waals surface area (Å²) in [6, 6.07) is 0. The average Bonchev–Trinajstić information content (AvgIpc) is 2.87. The summed E-state index contributed by atoms with van der Waals surface area (Å²) in [5.41, 5.74) is 0. The van der Waals surface area contributed by atoms with E-state index in [1.807, 2.05) is 0 Å². The molecular formula is C9H14O2S. The Bertz CT molecular complexity index is 189. The molecule has 1 aliphatic heterocycles. The summed E-state index contributed by atoms with van der Waals surface area (Å²) < 4.78 is 0. The molecule has 2 rings (SSSR count). The molecule has 3 heteroatoms. The van der Waals surface area contributed by atoms with Crippen molar-refractivity contribution in [2.45, 2.75) is 19.3 Å². The number of carboxylic acids is 1. The summed E-state index contributed by atoms with van der Waals surface area (Å²) >= 11 is 1.80. The molecule has 0 aromatic rings. The molecule has 2 nitrogen and oxygen atoms in total. The van der Waals surface area contributed by atoms with Crippen LogP contribution >= 0.6 is 11.8 Å². The third kappa shape index (κ3) is 1.60. The van der Waals surface area contributed by atoms with Crippen LogP contribution in [0.15, 0.2) is 0 Å². The Morgan fingerprint density at radius 3 is 2.67 bits per heavy atom. The number of rotatable bonds is 2. The second kappa shape index (κ2) is 3.29. The fourth-order valence-electron chi connectivity index (χ4n) is 2.10. The van der Waals surface area contributed by atoms with Crippen LogP contribution < -0.4 is 0 Å². The van der Waals surface area contributed by atoms with Crippen molar-refractivity contribution in [2.24, 2.45) is 17.8 Å². The highest BCUT2D eigenvalue weighted by Gasteiger charge is 2.40. The van der Waals surface area contributed by atoms with Crippen LogP contribution in [0, 0.1) is 17.8 Å². The molecule has 0 radical (unpaired) electrons. The van der Waals surface area contributed by atoms with Gasteiger partial charge >= 0.3 is 5.97 Å². The number of carbonyl (C=O) groups is 1. The van der Waals surface area contributed by atoms with Crippen molar-refractivity contribution in [1.82, 2.24) is 0 Å². The van der Waals surface area contributed by atoms with E-state index in [2.05, 4.69) is 0 Å². The van der Waals surface area contributed by atoms with Crippen LogP contribution in [0.5, 0.6) is 0 Å². The van der Waals surface area contributed by atoms with Gasteiger partial charge in [-0.15, -0.1) is 0 Å². The lowest BCUT2D eigenvalue weighted by molar-refractivity contribution is -0.143. The predicted molar refractivity (Wildman–Crippen MR) is 49.3 cm³/mol. The molecule has 0 bridgehead atoms. The van der Waals surface area contributed by atoms with Gasteiger partial charge in [-0.3, -0.25) is 4.79 Å². The molecule has 0 aromatic carbocycles. The van der Waals surface area contributed by atoms with Crippen LogP contribution in [0.4, 0.5) is 0 Å². The lowest BCUT2D eigenvalue weighted by atomic mass is 9.87. The van der Waals surface area contributed by atoms with Gasteiger partial charge in [0.2, 0.25) is 0 Å². The van der Waals surface area contributed by atoms with E-state index >= 15 is 0 Å². The van der Waals surface area contributed by atoms with E-state index in [0.29, 0.717) is 5.92 Å². The molecule has 0 spiro atoms. The normalized spacial score (nSPS) is 36.3. The molecule has 2 unspecified atom stereocenters. The molecular weight excluding hydrogens is 172 g/mol. The summed E-state index contributed by atoms with van der Waals surface area (Å²) in [6.45, 7) is 0. The van der Waals surface area contributed by atoms with Crippen LogP contribution in [-0.4, -0.2) is 22.6 Å². The average molecular weight is 186 g/mol. The zero-order chi connectivity index (χ0) is 8.55. The van der Waals surface area contributed by atoms with Crippen LogP contribution in [0.1, 0.15) is 19.3 Å². The number of thioether (sulfide) groups is 1. The quantitative estimate of drug-likeness (QED) is 0.715. The Morgan fingerprint density at radius 1 is 1.33 bits per heavy atom. The summed E-state index contributed by atoms with van der Waals surface area (Å²) in [5.74, 6) is 2.66. The van der Waals surface area contributed by atoms with E-state index in [9.17, 15) is 4.79 Å². The van der Waals surface area contributed by atoms with Gasteiger partial charge in [0.05, 0.1) is 5.92 Å². The highest BCUT2D eigenvalue weighted by molar-refractivity contribution is 7.99. The van der Waals surface area contributed by atoms with E-state index in [1.165, 1.54) is 18.6 Å². The number of hydrogen-bond donors (Lipinski definition) is 1. The highest BCUT2D eigenvalue weighted by atomic mass is 32.2. The minimum absolute atomic E-state index is 0.0451. The van der Waals surface area contributed by atoms with Crippen molar-refractivity contribution in [1.29, 1.82) is 0 Å². The van der Waals surface area contributed by atoms with Gasteiger partial charge in [0.15, 0.2) is 0 Å². The van der Waals surface area contributed by atoms with Gasteiger partial charge in [0, 0.05) is 5.75 Å². The van der Waals surface area contributed by atoms with Gasteiger partial charge in [0.25, 0.3) is 0 Å². The minimum atomic E-state index is -0.570. The first-order valence-corrected chi connectivity index (χ1v) is 5.75. The summed E-state index contributed by atoms with van der Waals surface area (Å²) in [4.78, 5) is 10.9. The molecule has 1 heterocycles. The largest absolute Gasteiger partial charge is 0.481 e. The maximum Gasteiger partial charge on any atom is 0.307 e. The van der Waals surface area contributed by atoms with Gasteiger partial charge < -0.3 is 5.11 Å². The Balaban J connectivity index is 2.00. The monoisotopic (exact) mass is 186 g/mol. The zero-order valence-corrected chi connectivity index (χ0v) is 7.85. The molecule has 0 amide bonds. The van der Waals surface area contributed by atoms with Crippen molar-refractivity contribution in [3.8, 4) is 0 Å². The van der Waals surface area contributed by atoms with Crippen molar-refractivity contribution >= 4 is 17.7 Å². The van der Waals surface area contributed by atoms with Gasteiger partial charge in [-0.25, -0.2) is 0 Å². The molecule has 1 saturated heterocycles. The highest BCUT2D eigenvalue weighted by Crippen LogP contribution is 2.45. The van der Waals surface area contributed by atoms with Crippen LogP contribution in [0.3, 0.4) is 0 Å². The number of aliphatic carboxylic acids is 1. The number of carboxylic acid groups (broad SMARTS) is 1. The molecule has 68 valence electrons.